The number of piperidine rings is 1. The molecule has 4 unspecified atom stereocenters. The maximum Gasteiger partial charge on any atom is 0.115 e. The number of phenolic OH excluding ortho intramolecular Hbond substituents is 1. The normalized spacial score (nSPS) is 40.2. The van der Waals surface area contributed by atoms with Crippen molar-refractivity contribution in [2.45, 2.75) is 69.4 Å². The first-order valence-electron chi connectivity index (χ1n) is 10.2. The van der Waals surface area contributed by atoms with E-state index in [9.17, 15) is 10.2 Å². The van der Waals surface area contributed by atoms with E-state index in [1.807, 2.05) is 12.1 Å². The van der Waals surface area contributed by atoms with E-state index >= 15 is 0 Å². The number of aromatic hydroxyl groups is 1. The summed E-state index contributed by atoms with van der Waals surface area (Å²) in [6.45, 7) is 6.88. The first-order chi connectivity index (χ1) is 11.9. The molecule has 0 aromatic heterocycles. The average Bonchev–Trinajstić information content (AvgIpc) is 3.30. The maximum atomic E-state index is 12.1. The van der Waals surface area contributed by atoms with Gasteiger partial charge in [-0.25, -0.2) is 0 Å². The van der Waals surface area contributed by atoms with Crippen LogP contribution in [0.1, 0.15) is 57.1 Å². The van der Waals surface area contributed by atoms with Gasteiger partial charge in [0.2, 0.25) is 0 Å². The van der Waals surface area contributed by atoms with Crippen molar-refractivity contribution in [2.75, 3.05) is 13.1 Å². The second-order valence-corrected chi connectivity index (χ2v) is 9.67. The van der Waals surface area contributed by atoms with Crippen molar-refractivity contribution in [3.63, 3.8) is 0 Å². The van der Waals surface area contributed by atoms with Crippen molar-refractivity contribution >= 4 is 0 Å². The molecule has 136 valence electrons. The highest BCUT2D eigenvalue weighted by atomic mass is 16.3. The molecule has 4 aliphatic rings. The van der Waals surface area contributed by atoms with Crippen LogP contribution in [-0.2, 0) is 11.8 Å². The zero-order valence-electron chi connectivity index (χ0n) is 15.5. The van der Waals surface area contributed by atoms with Crippen LogP contribution in [0.25, 0.3) is 0 Å². The molecule has 0 spiro atoms. The van der Waals surface area contributed by atoms with Crippen molar-refractivity contribution in [1.82, 2.24) is 4.90 Å². The van der Waals surface area contributed by atoms with Crippen LogP contribution in [0.4, 0.5) is 0 Å². The van der Waals surface area contributed by atoms with E-state index < -0.39 is 5.60 Å². The van der Waals surface area contributed by atoms with Crippen molar-refractivity contribution in [2.24, 2.45) is 17.8 Å². The maximum absolute atomic E-state index is 12.1. The van der Waals surface area contributed by atoms with Crippen LogP contribution in [0, 0.1) is 17.8 Å². The van der Waals surface area contributed by atoms with Gasteiger partial charge in [0.05, 0.1) is 5.60 Å². The van der Waals surface area contributed by atoms with E-state index in [2.05, 4.69) is 24.8 Å². The van der Waals surface area contributed by atoms with Crippen LogP contribution in [0.15, 0.2) is 18.2 Å². The molecule has 4 atom stereocenters. The molecule has 0 amide bonds. The summed E-state index contributed by atoms with van der Waals surface area (Å²) >= 11 is 0. The summed E-state index contributed by atoms with van der Waals surface area (Å²) in [4.78, 5) is 2.62. The number of benzene rings is 1. The number of aliphatic hydroxyl groups is 1. The molecular weight excluding hydrogens is 310 g/mol. The molecule has 5 rings (SSSR count). The van der Waals surface area contributed by atoms with Crippen LogP contribution in [0.2, 0.25) is 0 Å². The minimum Gasteiger partial charge on any atom is -0.508 e. The molecule has 3 nitrogen and oxygen atoms in total. The predicted octanol–water partition coefficient (Wildman–Crippen LogP) is 3.47. The van der Waals surface area contributed by atoms with Crippen molar-refractivity contribution in [3.05, 3.63) is 29.3 Å². The molecule has 1 saturated heterocycles. The number of hydrogen-bond acceptors (Lipinski definition) is 3. The smallest absolute Gasteiger partial charge is 0.115 e. The Hall–Kier alpha value is -1.06. The molecule has 25 heavy (non-hydrogen) atoms. The Balaban J connectivity index is 1.63. The van der Waals surface area contributed by atoms with Gasteiger partial charge in [-0.1, -0.05) is 19.9 Å². The zero-order valence-corrected chi connectivity index (χ0v) is 15.5. The molecular formula is C22H31NO2. The lowest BCUT2D eigenvalue weighted by molar-refractivity contribution is -0.131. The van der Waals surface area contributed by atoms with E-state index in [1.54, 1.807) is 0 Å². The Labute approximate surface area is 151 Å². The molecule has 3 heteroatoms. The van der Waals surface area contributed by atoms with Gasteiger partial charge in [-0.3, -0.25) is 4.90 Å². The predicted molar refractivity (Wildman–Crippen MR) is 98.7 cm³/mol. The summed E-state index contributed by atoms with van der Waals surface area (Å²) in [5, 5.41) is 22.3. The van der Waals surface area contributed by atoms with Crippen LogP contribution in [0.3, 0.4) is 0 Å². The Bertz CT molecular complexity index is 697. The molecule has 2 bridgehead atoms. The summed E-state index contributed by atoms with van der Waals surface area (Å²) in [6.07, 6.45) is 6.70. The summed E-state index contributed by atoms with van der Waals surface area (Å²) in [7, 11) is 0. The summed E-state index contributed by atoms with van der Waals surface area (Å²) in [6, 6.07) is 6.16. The minimum absolute atomic E-state index is 0.154. The highest BCUT2D eigenvalue weighted by Gasteiger charge is 2.67. The number of hydrogen-bond donors (Lipinski definition) is 2. The molecule has 1 aromatic rings. The number of phenols is 1. The van der Waals surface area contributed by atoms with E-state index in [0.29, 0.717) is 17.6 Å². The van der Waals surface area contributed by atoms with Crippen molar-refractivity contribution < 1.29 is 10.2 Å². The third kappa shape index (κ3) is 2.18. The molecule has 3 aliphatic carbocycles. The minimum atomic E-state index is -0.629. The van der Waals surface area contributed by atoms with E-state index in [1.165, 1.54) is 30.5 Å². The summed E-state index contributed by atoms with van der Waals surface area (Å²) in [5.74, 6) is 2.38. The van der Waals surface area contributed by atoms with Crippen LogP contribution < -0.4 is 0 Å². The van der Waals surface area contributed by atoms with Crippen molar-refractivity contribution in [1.29, 1.82) is 0 Å². The van der Waals surface area contributed by atoms with Crippen LogP contribution in [0.5, 0.6) is 5.75 Å². The number of likely N-dealkylation sites (tertiary alicyclic amines) is 1. The molecule has 3 fully saturated rings. The van der Waals surface area contributed by atoms with E-state index in [-0.39, 0.29) is 11.5 Å². The fraction of sp³-hybridized carbons (Fsp3) is 0.727. The quantitative estimate of drug-likeness (QED) is 0.885. The zero-order chi connectivity index (χ0) is 17.4. The van der Waals surface area contributed by atoms with Gasteiger partial charge in [0.15, 0.2) is 0 Å². The van der Waals surface area contributed by atoms with Gasteiger partial charge in [0.25, 0.3) is 0 Å². The average molecular weight is 341 g/mol. The summed E-state index contributed by atoms with van der Waals surface area (Å²) in [5.41, 5.74) is 1.83. The fourth-order valence-corrected chi connectivity index (χ4v) is 6.35. The molecule has 1 aromatic carbocycles. The first kappa shape index (κ1) is 16.1. The Morgan fingerprint density at radius 2 is 2.04 bits per heavy atom. The Kier molecular flexibility index (Phi) is 3.38. The lowest BCUT2D eigenvalue weighted by Crippen LogP contribution is -2.69. The lowest BCUT2D eigenvalue weighted by Gasteiger charge is -2.59. The van der Waals surface area contributed by atoms with Crippen LogP contribution >= 0.6 is 0 Å². The highest BCUT2D eigenvalue weighted by molar-refractivity contribution is 5.49. The van der Waals surface area contributed by atoms with E-state index in [0.717, 1.165) is 38.1 Å². The van der Waals surface area contributed by atoms with Gasteiger partial charge >= 0.3 is 0 Å². The van der Waals surface area contributed by atoms with Gasteiger partial charge in [0.1, 0.15) is 5.75 Å². The standard InChI is InChI=1S/C22H31NO2/c1-14(2)17-11-21-7-8-23(13-15-3-4-15)20(22(21,25)12-17)9-16-5-6-18(24)10-19(16)21/h5-6,10,14-15,17,20,24-25H,3-4,7-9,11-13H2,1-2H3. The van der Waals surface area contributed by atoms with Gasteiger partial charge in [-0.05, 0) is 86.1 Å². The first-order valence-corrected chi connectivity index (χ1v) is 10.2. The summed E-state index contributed by atoms with van der Waals surface area (Å²) < 4.78 is 0. The Morgan fingerprint density at radius 1 is 1.24 bits per heavy atom. The SMILES string of the molecule is CC(C)C1CC23CCN(CC4CC4)C(Cc4ccc(O)cc42)C3(O)C1. The largest absolute Gasteiger partial charge is 0.508 e. The molecule has 1 heterocycles. The van der Waals surface area contributed by atoms with E-state index in [4.69, 9.17) is 0 Å². The lowest BCUT2D eigenvalue weighted by atomic mass is 9.56. The second kappa shape index (κ2) is 5.23. The van der Waals surface area contributed by atoms with Gasteiger partial charge in [-0.2, -0.15) is 0 Å². The molecule has 2 saturated carbocycles. The second-order valence-electron chi connectivity index (χ2n) is 9.67. The molecule has 2 N–H and O–H groups in total. The van der Waals surface area contributed by atoms with Gasteiger partial charge in [0, 0.05) is 18.0 Å². The highest BCUT2D eigenvalue weighted by Crippen LogP contribution is 2.62. The number of rotatable bonds is 3. The third-order valence-corrected chi connectivity index (χ3v) is 7.99. The topological polar surface area (TPSA) is 43.7 Å². The van der Waals surface area contributed by atoms with Gasteiger partial charge < -0.3 is 10.2 Å². The Morgan fingerprint density at radius 3 is 2.76 bits per heavy atom. The monoisotopic (exact) mass is 341 g/mol. The third-order valence-electron chi connectivity index (χ3n) is 7.99. The van der Waals surface area contributed by atoms with Crippen molar-refractivity contribution in [3.8, 4) is 5.75 Å². The number of fused-ring (bicyclic) bond motifs is 1. The number of nitrogens with zero attached hydrogens (tertiary/aromatic N) is 1. The fourth-order valence-electron chi connectivity index (χ4n) is 6.35. The molecule has 0 radical (unpaired) electrons. The van der Waals surface area contributed by atoms with Crippen LogP contribution in [-0.4, -0.2) is 39.8 Å². The van der Waals surface area contributed by atoms with Gasteiger partial charge in [-0.15, -0.1) is 0 Å². The molecule has 1 aliphatic heterocycles.